The monoisotopic (exact) mass is 349 g/mol. The molecule has 0 aliphatic carbocycles. The zero-order chi connectivity index (χ0) is 18.6. The fourth-order valence-electron chi connectivity index (χ4n) is 2.98. The van der Waals surface area contributed by atoms with Gasteiger partial charge in [-0.15, -0.1) is 0 Å². The van der Waals surface area contributed by atoms with E-state index in [-0.39, 0.29) is 12.1 Å². The fourth-order valence-corrected chi connectivity index (χ4v) is 2.98. The van der Waals surface area contributed by atoms with Gasteiger partial charge in [0, 0.05) is 19.3 Å². The maximum Gasteiger partial charge on any atom is 0.410 e. The number of nitrogens with two attached hydrogens (primary N) is 1. The Bertz CT molecular complexity index is 590. The lowest BCUT2D eigenvalue weighted by atomic mass is 9.90. The van der Waals surface area contributed by atoms with Crippen molar-refractivity contribution in [2.45, 2.75) is 71.6 Å². The van der Waals surface area contributed by atoms with Gasteiger partial charge in [-0.1, -0.05) is 6.07 Å². The third-order valence-electron chi connectivity index (χ3n) is 4.26. The first-order chi connectivity index (χ1) is 11.7. The predicted molar refractivity (Wildman–Crippen MR) is 98.4 cm³/mol. The second-order valence-corrected chi connectivity index (χ2v) is 7.86. The van der Waals surface area contributed by atoms with Crippen molar-refractivity contribution in [1.29, 1.82) is 0 Å². The second-order valence-electron chi connectivity index (χ2n) is 7.86. The average Bonchev–Trinajstić information content (AvgIpc) is 2.51. The third kappa shape index (κ3) is 5.59. The van der Waals surface area contributed by atoms with Crippen LogP contribution in [0.4, 0.5) is 10.6 Å². The van der Waals surface area contributed by atoms with E-state index >= 15 is 0 Å². The van der Waals surface area contributed by atoms with Crippen molar-refractivity contribution in [3.8, 4) is 0 Å². The van der Waals surface area contributed by atoms with Gasteiger partial charge in [0.15, 0.2) is 0 Å². The number of carbonyl (C=O) groups is 1. The van der Waals surface area contributed by atoms with Crippen molar-refractivity contribution in [2.24, 2.45) is 0 Å². The summed E-state index contributed by atoms with van der Waals surface area (Å²) < 4.78 is 11.0. The zero-order valence-corrected chi connectivity index (χ0v) is 16.0. The quantitative estimate of drug-likeness (QED) is 0.896. The smallest absolute Gasteiger partial charge is 0.410 e. The van der Waals surface area contributed by atoms with Crippen LogP contribution >= 0.6 is 0 Å². The number of anilines is 1. The minimum atomic E-state index is -0.531. The van der Waals surface area contributed by atoms with Crippen molar-refractivity contribution in [3.63, 3.8) is 0 Å². The highest BCUT2D eigenvalue weighted by molar-refractivity contribution is 5.68. The van der Waals surface area contributed by atoms with Crippen molar-refractivity contribution in [3.05, 3.63) is 23.4 Å². The van der Waals surface area contributed by atoms with Crippen LogP contribution in [0.15, 0.2) is 12.1 Å². The predicted octanol–water partition coefficient (Wildman–Crippen LogP) is 3.70. The van der Waals surface area contributed by atoms with Gasteiger partial charge in [0.05, 0.1) is 12.2 Å². The molecule has 1 saturated heterocycles. The minimum absolute atomic E-state index is 0.000574. The number of hydrogen-bond acceptors (Lipinski definition) is 5. The van der Waals surface area contributed by atoms with E-state index in [0.717, 1.165) is 37.3 Å². The molecule has 0 saturated carbocycles. The molecule has 0 bridgehead atoms. The van der Waals surface area contributed by atoms with Gasteiger partial charge in [-0.05, 0) is 65.0 Å². The van der Waals surface area contributed by atoms with Crippen molar-refractivity contribution >= 4 is 11.9 Å². The highest BCUT2D eigenvalue weighted by Crippen LogP contribution is 2.30. The van der Waals surface area contributed by atoms with Gasteiger partial charge in [-0.25, -0.2) is 9.78 Å². The van der Waals surface area contributed by atoms with Gasteiger partial charge in [-0.3, -0.25) is 4.90 Å². The van der Waals surface area contributed by atoms with Crippen LogP contribution < -0.4 is 5.73 Å². The molecule has 0 aromatic carbocycles. The van der Waals surface area contributed by atoms with E-state index in [4.69, 9.17) is 15.2 Å². The standard InChI is InChI=1S/C19H31N3O3/c1-13(2)22(18(23)25-19(3,4)5)12-16-15(6-7-17(20)21-16)14-8-10-24-11-9-14/h6-7,13-14H,8-12H2,1-5H3,(H2,20,21). The van der Waals surface area contributed by atoms with Gasteiger partial charge < -0.3 is 15.2 Å². The number of amides is 1. The van der Waals surface area contributed by atoms with Gasteiger partial charge in [0.1, 0.15) is 11.4 Å². The molecule has 6 nitrogen and oxygen atoms in total. The van der Waals surface area contributed by atoms with Crippen molar-refractivity contribution < 1.29 is 14.3 Å². The molecule has 25 heavy (non-hydrogen) atoms. The number of aromatic nitrogens is 1. The van der Waals surface area contributed by atoms with Crippen LogP contribution in [0.1, 0.15) is 64.6 Å². The second kappa shape index (κ2) is 8.04. The molecule has 0 radical (unpaired) electrons. The molecule has 140 valence electrons. The molecule has 0 atom stereocenters. The van der Waals surface area contributed by atoms with E-state index in [1.54, 1.807) is 4.90 Å². The first kappa shape index (κ1) is 19.5. The SMILES string of the molecule is CC(C)N(Cc1nc(N)ccc1C1CCOCC1)C(=O)OC(C)(C)C. The Morgan fingerprint density at radius 1 is 1.36 bits per heavy atom. The zero-order valence-electron chi connectivity index (χ0n) is 16.0. The number of rotatable bonds is 4. The minimum Gasteiger partial charge on any atom is -0.444 e. The summed E-state index contributed by atoms with van der Waals surface area (Å²) in [5.41, 5.74) is 7.40. The average molecular weight is 349 g/mol. The molecule has 2 rings (SSSR count). The number of pyridine rings is 1. The molecule has 1 aromatic rings. The van der Waals surface area contributed by atoms with Gasteiger partial charge >= 0.3 is 6.09 Å². The summed E-state index contributed by atoms with van der Waals surface area (Å²) in [7, 11) is 0. The topological polar surface area (TPSA) is 77.7 Å². The van der Waals surface area contributed by atoms with Crippen LogP contribution in [-0.4, -0.2) is 40.8 Å². The lowest BCUT2D eigenvalue weighted by Gasteiger charge is -2.31. The van der Waals surface area contributed by atoms with E-state index in [1.165, 1.54) is 0 Å². The highest BCUT2D eigenvalue weighted by Gasteiger charge is 2.27. The lowest BCUT2D eigenvalue weighted by molar-refractivity contribution is 0.0167. The lowest BCUT2D eigenvalue weighted by Crippen LogP contribution is -2.41. The highest BCUT2D eigenvalue weighted by atomic mass is 16.6. The number of hydrogen-bond donors (Lipinski definition) is 1. The molecule has 0 unspecified atom stereocenters. The maximum atomic E-state index is 12.6. The summed E-state index contributed by atoms with van der Waals surface area (Å²) in [6.45, 7) is 11.5. The molecular formula is C19H31N3O3. The number of nitrogens with zero attached hydrogens (tertiary/aromatic N) is 2. The molecule has 1 fully saturated rings. The third-order valence-corrected chi connectivity index (χ3v) is 4.26. The largest absolute Gasteiger partial charge is 0.444 e. The van der Waals surface area contributed by atoms with Crippen molar-refractivity contribution in [2.75, 3.05) is 18.9 Å². The normalized spacial score (nSPS) is 16.1. The molecule has 1 aromatic heterocycles. The summed E-state index contributed by atoms with van der Waals surface area (Å²) in [4.78, 5) is 18.8. The molecule has 6 heteroatoms. The summed E-state index contributed by atoms with van der Waals surface area (Å²) in [5, 5.41) is 0. The van der Waals surface area contributed by atoms with E-state index in [0.29, 0.717) is 18.3 Å². The Labute approximate surface area is 150 Å². The van der Waals surface area contributed by atoms with Crippen LogP contribution in [0.3, 0.4) is 0 Å². The Morgan fingerprint density at radius 2 is 2.00 bits per heavy atom. The van der Waals surface area contributed by atoms with E-state index in [1.807, 2.05) is 46.8 Å². The molecule has 0 spiro atoms. The fraction of sp³-hybridized carbons (Fsp3) is 0.684. The summed E-state index contributed by atoms with van der Waals surface area (Å²) >= 11 is 0. The van der Waals surface area contributed by atoms with E-state index in [2.05, 4.69) is 4.98 Å². The molecule has 2 heterocycles. The first-order valence-corrected chi connectivity index (χ1v) is 9.00. The van der Waals surface area contributed by atoms with Crippen molar-refractivity contribution in [1.82, 2.24) is 9.88 Å². The van der Waals surface area contributed by atoms with Crippen LogP contribution in [0.25, 0.3) is 0 Å². The van der Waals surface area contributed by atoms with Crippen LogP contribution in [0, 0.1) is 0 Å². The first-order valence-electron chi connectivity index (χ1n) is 9.00. The molecule has 1 aliphatic rings. The number of nitrogen functional groups attached to an aromatic ring is 1. The van der Waals surface area contributed by atoms with Crippen LogP contribution in [0.5, 0.6) is 0 Å². The Kier molecular flexibility index (Phi) is 6.27. The number of ether oxygens (including phenoxy) is 2. The molecule has 1 amide bonds. The van der Waals surface area contributed by atoms with E-state index in [9.17, 15) is 4.79 Å². The summed E-state index contributed by atoms with van der Waals surface area (Å²) in [6, 6.07) is 3.88. The maximum absolute atomic E-state index is 12.6. The van der Waals surface area contributed by atoms with Gasteiger partial charge in [0.25, 0.3) is 0 Å². The van der Waals surface area contributed by atoms with E-state index < -0.39 is 5.60 Å². The number of carbonyl (C=O) groups excluding carboxylic acids is 1. The summed E-state index contributed by atoms with van der Waals surface area (Å²) in [5.74, 6) is 0.864. The van der Waals surface area contributed by atoms with Crippen LogP contribution in [-0.2, 0) is 16.0 Å². The Hall–Kier alpha value is -1.82. The molecular weight excluding hydrogens is 318 g/mol. The Balaban J connectivity index is 2.25. The molecule has 2 N–H and O–H groups in total. The van der Waals surface area contributed by atoms with Crippen LogP contribution in [0.2, 0.25) is 0 Å². The van der Waals surface area contributed by atoms with Gasteiger partial charge in [-0.2, -0.15) is 0 Å². The van der Waals surface area contributed by atoms with Gasteiger partial charge in [0.2, 0.25) is 0 Å². The summed E-state index contributed by atoms with van der Waals surface area (Å²) in [6.07, 6.45) is 1.60. The molecule has 1 aliphatic heterocycles. The Morgan fingerprint density at radius 3 is 2.56 bits per heavy atom.